The van der Waals surface area contributed by atoms with Crippen LogP contribution in [-0.4, -0.2) is 16.9 Å². The van der Waals surface area contributed by atoms with Gasteiger partial charge in [0.25, 0.3) is 0 Å². The Morgan fingerprint density at radius 1 is 1.29 bits per heavy atom. The van der Waals surface area contributed by atoms with Crippen LogP contribution >= 0.6 is 12.2 Å². The van der Waals surface area contributed by atoms with Gasteiger partial charge in [-0.3, -0.25) is 4.79 Å². The Morgan fingerprint density at radius 3 is 1.94 bits per heavy atom. The zero-order valence-electron chi connectivity index (χ0n) is 11.9. The molecule has 0 aliphatic heterocycles. The molecule has 0 aliphatic rings. The van der Waals surface area contributed by atoms with Crippen molar-refractivity contribution >= 4 is 23.1 Å². The van der Waals surface area contributed by atoms with Gasteiger partial charge in [-0.15, -0.1) is 0 Å². The van der Waals surface area contributed by atoms with Gasteiger partial charge < -0.3 is 11.1 Å². The zero-order chi connectivity index (χ0) is 13.9. The van der Waals surface area contributed by atoms with Crippen molar-refractivity contribution in [3.05, 3.63) is 0 Å². The Hall–Kier alpha value is -0.640. The molecule has 0 radical (unpaired) electrons. The van der Waals surface area contributed by atoms with E-state index in [4.69, 9.17) is 18.0 Å². The van der Waals surface area contributed by atoms with Crippen LogP contribution in [0.3, 0.4) is 0 Å². The zero-order valence-corrected chi connectivity index (χ0v) is 12.7. The van der Waals surface area contributed by atoms with Gasteiger partial charge in [0, 0.05) is 6.04 Å². The highest BCUT2D eigenvalue weighted by Gasteiger charge is 2.39. The summed E-state index contributed by atoms with van der Waals surface area (Å²) in [7, 11) is 0. The SMILES string of the molecule is CCC(CC)(C(=O)NC(C)C(C)(C)C)C(N)=S. The topological polar surface area (TPSA) is 55.1 Å². The third kappa shape index (κ3) is 3.66. The summed E-state index contributed by atoms with van der Waals surface area (Å²) in [5.41, 5.74) is 5.08. The molecule has 0 rings (SSSR count). The third-order valence-electron chi connectivity index (χ3n) is 3.76. The van der Waals surface area contributed by atoms with Crippen LogP contribution in [0.1, 0.15) is 54.4 Å². The Bertz CT molecular complexity index is 290. The van der Waals surface area contributed by atoms with E-state index >= 15 is 0 Å². The van der Waals surface area contributed by atoms with Gasteiger partial charge in [0.1, 0.15) is 0 Å². The average Bonchev–Trinajstić information content (AvgIpc) is 2.18. The van der Waals surface area contributed by atoms with E-state index in [2.05, 4.69) is 26.1 Å². The average molecular weight is 258 g/mol. The Balaban J connectivity index is 4.96. The number of carbonyl (C=O) groups excluding carboxylic acids is 1. The van der Waals surface area contributed by atoms with E-state index in [1.54, 1.807) is 0 Å². The molecule has 3 nitrogen and oxygen atoms in total. The van der Waals surface area contributed by atoms with Crippen LogP contribution in [0.2, 0.25) is 0 Å². The lowest BCUT2D eigenvalue weighted by Gasteiger charge is -2.34. The van der Waals surface area contributed by atoms with Gasteiger partial charge in [-0.25, -0.2) is 0 Å². The molecule has 1 atom stereocenters. The molecule has 0 bridgehead atoms. The van der Waals surface area contributed by atoms with Crippen LogP contribution < -0.4 is 11.1 Å². The second-order valence-corrected chi connectivity index (χ2v) is 6.15. The van der Waals surface area contributed by atoms with Crippen molar-refractivity contribution in [2.24, 2.45) is 16.6 Å². The molecule has 1 unspecified atom stereocenters. The van der Waals surface area contributed by atoms with Crippen molar-refractivity contribution in [3.63, 3.8) is 0 Å². The molecule has 1 amide bonds. The van der Waals surface area contributed by atoms with Gasteiger partial charge in [-0.05, 0) is 25.2 Å². The van der Waals surface area contributed by atoms with Gasteiger partial charge in [0.2, 0.25) is 5.91 Å². The van der Waals surface area contributed by atoms with Crippen LogP contribution in [0, 0.1) is 10.8 Å². The maximum absolute atomic E-state index is 12.3. The van der Waals surface area contributed by atoms with Crippen molar-refractivity contribution in [2.45, 2.75) is 60.4 Å². The van der Waals surface area contributed by atoms with E-state index in [0.29, 0.717) is 17.8 Å². The maximum atomic E-state index is 12.3. The lowest BCUT2D eigenvalue weighted by molar-refractivity contribution is -0.129. The molecule has 4 heteroatoms. The Morgan fingerprint density at radius 2 is 1.71 bits per heavy atom. The number of thiocarbonyl (C=S) groups is 1. The van der Waals surface area contributed by atoms with Crippen LogP contribution in [0.15, 0.2) is 0 Å². The molecule has 0 aromatic carbocycles. The molecule has 0 fully saturated rings. The van der Waals surface area contributed by atoms with E-state index in [0.717, 1.165) is 0 Å². The fraction of sp³-hybridized carbons (Fsp3) is 0.846. The highest BCUT2D eigenvalue weighted by Crippen LogP contribution is 2.28. The van der Waals surface area contributed by atoms with Crippen molar-refractivity contribution in [2.75, 3.05) is 0 Å². The number of rotatable bonds is 5. The van der Waals surface area contributed by atoms with Gasteiger partial charge in [0.15, 0.2) is 0 Å². The highest BCUT2D eigenvalue weighted by molar-refractivity contribution is 7.80. The second kappa shape index (κ2) is 5.80. The maximum Gasteiger partial charge on any atom is 0.233 e. The first kappa shape index (κ1) is 16.4. The molecule has 17 heavy (non-hydrogen) atoms. The summed E-state index contributed by atoms with van der Waals surface area (Å²) in [4.78, 5) is 12.6. The van der Waals surface area contributed by atoms with Gasteiger partial charge in [-0.2, -0.15) is 0 Å². The summed E-state index contributed by atoms with van der Waals surface area (Å²) in [5, 5.41) is 3.04. The van der Waals surface area contributed by atoms with E-state index in [1.165, 1.54) is 0 Å². The first-order chi connectivity index (χ1) is 7.61. The summed E-state index contributed by atoms with van der Waals surface area (Å²) in [6.07, 6.45) is 1.28. The van der Waals surface area contributed by atoms with Gasteiger partial charge >= 0.3 is 0 Å². The number of hydrogen-bond acceptors (Lipinski definition) is 2. The molecule has 0 heterocycles. The fourth-order valence-corrected chi connectivity index (χ4v) is 1.96. The molecule has 0 aromatic heterocycles. The molecule has 0 aromatic rings. The number of carbonyl (C=O) groups is 1. The molecular formula is C13H26N2OS. The van der Waals surface area contributed by atoms with E-state index < -0.39 is 5.41 Å². The fourth-order valence-electron chi connectivity index (χ4n) is 1.58. The molecule has 100 valence electrons. The lowest BCUT2D eigenvalue weighted by atomic mass is 9.80. The standard InChI is InChI=1S/C13H26N2OS/c1-7-13(8-2,10(14)17)11(16)15-9(3)12(4,5)6/h9H,7-8H2,1-6H3,(H2,14,17)(H,15,16). The number of nitrogens with one attached hydrogen (secondary N) is 1. The minimum atomic E-state index is -0.700. The Kier molecular flexibility index (Phi) is 5.59. The summed E-state index contributed by atoms with van der Waals surface area (Å²) in [5.74, 6) is -0.0441. The van der Waals surface area contributed by atoms with E-state index in [-0.39, 0.29) is 17.4 Å². The largest absolute Gasteiger partial charge is 0.392 e. The first-order valence-corrected chi connectivity index (χ1v) is 6.63. The molecule has 3 N–H and O–H groups in total. The van der Waals surface area contributed by atoms with E-state index in [9.17, 15) is 4.79 Å². The van der Waals surface area contributed by atoms with E-state index in [1.807, 2.05) is 20.8 Å². The van der Waals surface area contributed by atoms with Crippen molar-refractivity contribution in [3.8, 4) is 0 Å². The molecular weight excluding hydrogens is 232 g/mol. The van der Waals surface area contributed by atoms with Gasteiger partial charge in [0.05, 0.1) is 10.4 Å². The minimum Gasteiger partial charge on any atom is -0.392 e. The quantitative estimate of drug-likeness (QED) is 0.745. The second-order valence-electron chi connectivity index (χ2n) is 5.71. The predicted molar refractivity (Wildman–Crippen MR) is 76.9 cm³/mol. The molecule has 0 spiro atoms. The van der Waals surface area contributed by atoms with Gasteiger partial charge in [-0.1, -0.05) is 46.8 Å². The molecule has 0 aliphatic carbocycles. The molecule has 0 saturated heterocycles. The first-order valence-electron chi connectivity index (χ1n) is 6.22. The summed E-state index contributed by atoms with van der Waals surface area (Å²) in [6.45, 7) is 12.2. The van der Waals surface area contributed by atoms with Crippen LogP contribution in [-0.2, 0) is 4.79 Å². The van der Waals surface area contributed by atoms with Crippen molar-refractivity contribution in [1.82, 2.24) is 5.32 Å². The van der Waals surface area contributed by atoms with Crippen LogP contribution in [0.25, 0.3) is 0 Å². The normalized spacial score (nSPS) is 14.2. The predicted octanol–water partition coefficient (Wildman–Crippen LogP) is 2.63. The lowest BCUT2D eigenvalue weighted by Crippen LogP contribution is -2.53. The number of amides is 1. The number of hydrogen-bond donors (Lipinski definition) is 2. The monoisotopic (exact) mass is 258 g/mol. The van der Waals surface area contributed by atoms with Crippen molar-refractivity contribution < 1.29 is 4.79 Å². The highest BCUT2D eigenvalue weighted by atomic mass is 32.1. The minimum absolute atomic E-state index is 0.0269. The smallest absolute Gasteiger partial charge is 0.233 e. The Labute approximate surface area is 111 Å². The van der Waals surface area contributed by atoms with Crippen molar-refractivity contribution in [1.29, 1.82) is 0 Å². The summed E-state index contributed by atoms with van der Waals surface area (Å²) < 4.78 is 0. The molecule has 0 saturated carbocycles. The third-order valence-corrected chi connectivity index (χ3v) is 4.15. The van der Waals surface area contributed by atoms with Crippen LogP contribution in [0.5, 0.6) is 0 Å². The summed E-state index contributed by atoms with van der Waals surface area (Å²) in [6, 6.07) is 0.0850. The summed E-state index contributed by atoms with van der Waals surface area (Å²) >= 11 is 5.07. The van der Waals surface area contributed by atoms with Crippen LogP contribution in [0.4, 0.5) is 0 Å². The number of nitrogens with two attached hydrogens (primary N) is 1.